The highest BCUT2D eigenvalue weighted by atomic mass is 19.1. The molecule has 0 aliphatic rings. The number of amides is 1. The summed E-state index contributed by atoms with van der Waals surface area (Å²) < 4.78 is 31.2. The van der Waals surface area contributed by atoms with Crippen molar-refractivity contribution in [2.45, 2.75) is 13.0 Å². The lowest BCUT2D eigenvalue weighted by molar-refractivity contribution is -0.386. The van der Waals surface area contributed by atoms with E-state index < -0.39 is 34.3 Å². The van der Waals surface area contributed by atoms with Gasteiger partial charge < -0.3 is 10.1 Å². The van der Waals surface area contributed by atoms with Gasteiger partial charge in [0, 0.05) is 17.8 Å². The van der Waals surface area contributed by atoms with Gasteiger partial charge in [-0.15, -0.1) is 0 Å². The molecule has 2 aromatic rings. The molecule has 0 heterocycles. The summed E-state index contributed by atoms with van der Waals surface area (Å²) >= 11 is 0. The number of benzene rings is 2. The minimum absolute atomic E-state index is 0.334. The third-order valence-electron chi connectivity index (χ3n) is 2.90. The van der Waals surface area contributed by atoms with Crippen molar-refractivity contribution in [3.63, 3.8) is 0 Å². The number of rotatable bonds is 5. The van der Waals surface area contributed by atoms with E-state index in [1.807, 2.05) is 0 Å². The van der Waals surface area contributed by atoms with Crippen molar-refractivity contribution < 1.29 is 23.2 Å². The van der Waals surface area contributed by atoms with Gasteiger partial charge >= 0.3 is 5.69 Å². The second-order valence-corrected chi connectivity index (χ2v) is 4.63. The molecule has 1 N–H and O–H groups in total. The Morgan fingerprint density at radius 1 is 1.17 bits per heavy atom. The van der Waals surface area contributed by atoms with Crippen LogP contribution in [0.15, 0.2) is 42.5 Å². The van der Waals surface area contributed by atoms with Crippen LogP contribution < -0.4 is 10.1 Å². The molecule has 0 radical (unpaired) electrons. The maximum Gasteiger partial charge on any atom is 0.311 e. The number of nitro groups is 1. The van der Waals surface area contributed by atoms with Gasteiger partial charge in [-0.1, -0.05) is 0 Å². The second-order valence-electron chi connectivity index (χ2n) is 4.63. The highest BCUT2D eigenvalue weighted by Gasteiger charge is 2.22. The Balaban J connectivity index is 2.10. The summed E-state index contributed by atoms with van der Waals surface area (Å²) in [6.07, 6.45) is -1.12. The van der Waals surface area contributed by atoms with Gasteiger partial charge in [0.1, 0.15) is 11.6 Å². The first-order chi connectivity index (χ1) is 10.9. The van der Waals surface area contributed by atoms with Crippen LogP contribution in [-0.4, -0.2) is 16.9 Å². The number of halogens is 2. The van der Waals surface area contributed by atoms with E-state index in [-0.39, 0.29) is 5.75 Å². The van der Waals surface area contributed by atoms with Crippen molar-refractivity contribution in [2.24, 2.45) is 0 Å². The molecule has 120 valence electrons. The second kappa shape index (κ2) is 6.82. The number of anilines is 1. The van der Waals surface area contributed by atoms with Crippen LogP contribution in [0.4, 0.5) is 20.2 Å². The van der Waals surface area contributed by atoms with Crippen molar-refractivity contribution in [3.8, 4) is 5.75 Å². The normalized spacial score (nSPS) is 11.6. The predicted octanol–water partition coefficient (Wildman–Crippen LogP) is 3.28. The van der Waals surface area contributed by atoms with Gasteiger partial charge in [-0.2, -0.15) is 0 Å². The maximum absolute atomic E-state index is 13.2. The molecule has 1 amide bonds. The number of nitrogens with one attached hydrogen (secondary N) is 1. The Kier molecular flexibility index (Phi) is 4.85. The molecule has 6 nitrogen and oxygen atoms in total. The molecule has 0 aromatic heterocycles. The lowest BCUT2D eigenvalue weighted by Gasteiger charge is -2.14. The van der Waals surface area contributed by atoms with Crippen molar-refractivity contribution in [3.05, 3.63) is 64.2 Å². The molecule has 0 aliphatic heterocycles. The summed E-state index contributed by atoms with van der Waals surface area (Å²) in [5.74, 6) is -2.15. The summed E-state index contributed by atoms with van der Waals surface area (Å²) in [7, 11) is 0. The molecule has 0 fully saturated rings. The van der Waals surface area contributed by atoms with Crippen molar-refractivity contribution in [1.82, 2.24) is 0 Å². The van der Waals surface area contributed by atoms with Crippen LogP contribution in [0.3, 0.4) is 0 Å². The molecular formula is C15H12F2N2O4. The molecule has 1 atom stereocenters. The van der Waals surface area contributed by atoms with Crippen LogP contribution in [0.5, 0.6) is 5.75 Å². The standard InChI is InChI=1S/C15H12F2N2O4/c1-9(15(20)18-12-5-2-10(16)3-6-12)23-14-8-11(17)4-7-13(14)19(21)22/h2-9H,1H3,(H,18,20)/t9-/m1/s1. The summed E-state index contributed by atoms with van der Waals surface area (Å²) in [4.78, 5) is 22.1. The third-order valence-corrected chi connectivity index (χ3v) is 2.90. The summed E-state index contributed by atoms with van der Waals surface area (Å²) in [5.41, 5.74) is -0.117. The molecule has 2 aromatic carbocycles. The zero-order valence-corrected chi connectivity index (χ0v) is 12.0. The molecule has 0 spiro atoms. The maximum atomic E-state index is 13.2. The van der Waals surface area contributed by atoms with Gasteiger partial charge in [0.2, 0.25) is 5.75 Å². The van der Waals surface area contributed by atoms with E-state index in [0.717, 1.165) is 18.2 Å². The van der Waals surface area contributed by atoms with E-state index >= 15 is 0 Å². The van der Waals surface area contributed by atoms with E-state index in [0.29, 0.717) is 5.69 Å². The molecule has 0 saturated carbocycles. The zero-order valence-electron chi connectivity index (χ0n) is 12.0. The molecule has 0 bridgehead atoms. The fourth-order valence-corrected chi connectivity index (χ4v) is 1.75. The fraction of sp³-hybridized carbons (Fsp3) is 0.133. The highest BCUT2D eigenvalue weighted by molar-refractivity contribution is 5.94. The zero-order chi connectivity index (χ0) is 17.0. The Bertz CT molecular complexity index is 735. The van der Waals surface area contributed by atoms with Crippen LogP contribution in [0.1, 0.15) is 6.92 Å². The van der Waals surface area contributed by atoms with Crippen molar-refractivity contribution in [2.75, 3.05) is 5.32 Å². The van der Waals surface area contributed by atoms with E-state index in [1.165, 1.54) is 31.2 Å². The number of ether oxygens (including phenoxy) is 1. The number of nitro benzene ring substituents is 1. The van der Waals surface area contributed by atoms with Gasteiger partial charge in [0.05, 0.1) is 4.92 Å². The number of carbonyl (C=O) groups excluding carboxylic acids is 1. The van der Waals surface area contributed by atoms with Crippen LogP contribution >= 0.6 is 0 Å². The summed E-state index contributed by atoms with van der Waals surface area (Å²) in [6, 6.07) is 7.75. The van der Waals surface area contributed by atoms with Gasteiger partial charge in [-0.25, -0.2) is 8.78 Å². The Hall–Kier alpha value is -3.03. The topological polar surface area (TPSA) is 81.5 Å². The fourth-order valence-electron chi connectivity index (χ4n) is 1.75. The molecule has 2 rings (SSSR count). The Labute approximate surface area is 129 Å². The van der Waals surface area contributed by atoms with Gasteiger partial charge in [0.25, 0.3) is 5.91 Å². The van der Waals surface area contributed by atoms with Crippen LogP contribution in [0, 0.1) is 21.7 Å². The van der Waals surface area contributed by atoms with Crippen LogP contribution in [0.2, 0.25) is 0 Å². The summed E-state index contributed by atoms with van der Waals surface area (Å²) in [6.45, 7) is 1.35. The first-order valence-corrected chi connectivity index (χ1v) is 6.54. The van der Waals surface area contributed by atoms with Gasteiger partial charge in [-0.05, 0) is 37.3 Å². The molecular weight excluding hydrogens is 310 g/mol. The van der Waals surface area contributed by atoms with Crippen molar-refractivity contribution >= 4 is 17.3 Å². The van der Waals surface area contributed by atoms with E-state index in [4.69, 9.17) is 4.74 Å². The minimum atomic E-state index is -1.12. The predicted molar refractivity (Wildman–Crippen MR) is 78.2 cm³/mol. The van der Waals surface area contributed by atoms with Gasteiger partial charge in [-0.3, -0.25) is 14.9 Å². The van der Waals surface area contributed by atoms with Crippen molar-refractivity contribution in [1.29, 1.82) is 0 Å². The number of carbonyl (C=O) groups is 1. The summed E-state index contributed by atoms with van der Waals surface area (Å²) in [5, 5.41) is 13.3. The lowest BCUT2D eigenvalue weighted by atomic mass is 10.2. The molecule has 8 heteroatoms. The average Bonchev–Trinajstić information content (AvgIpc) is 2.49. The van der Waals surface area contributed by atoms with E-state index in [2.05, 4.69) is 5.32 Å². The quantitative estimate of drug-likeness (QED) is 0.676. The molecule has 0 unspecified atom stereocenters. The highest BCUT2D eigenvalue weighted by Crippen LogP contribution is 2.28. The van der Waals surface area contributed by atoms with Crippen LogP contribution in [-0.2, 0) is 4.79 Å². The largest absolute Gasteiger partial charge is 0.474 e. The SMILES string of the molecule is C[C@@H](Oc1cc(F)ccc1[N+](=O)[O-])C(=O)Nc1ccc(F)cc1. The van der Waals surface area contributed by atoms with E-state index in [9.17, 15) is 23.7 Å². The Morgan fingerprint density at radius 3 is 2.39 bits per heavy atom. The first-order valence-electron chi connectivity index (χ1n) is 6.54. The number of hydrogen-bond donors (Lipinski definition) is 1. The monoisotopic (exact) mass is 322 g/mol. The smallest absolute Gasteiger partial charge is 0.311 e. The molecule has 23 heavy (non-hydrogen) atoms. The Morgan fingerprint density at radius 2 is 1.78 bits per heavy atom. The number of nitrogens with zero attached hydrogens (tertiary/aromatic N) is 1. The van der Waals surface area contributed by atoms with Gasteiger partial charge in [0.15, 0.2) is 6.10 Å². The first kappa shape index (κ1) is 16.3. The van der Waals surface area contributed by atoms with Crippen LogP contribution in [0.25, 0.3) is 0 Å². The third kappa shape index (κ3) is 4.22. The lowest BCUT2D eigenvalue weighted by Crippen LogP contribution is -2.30. The molecule has 0 saturated heterocycles. The minimum Gasteiger partial charge on any atom is -0.474 e. The number of hydrogen-bond acceptors (Lipinski definition) is 4. The molecule has 0 aliphatic carbocycles. The average molecular weight is 322 g/mol. The van der Waals surface area contributed by atoms with E-state index in [1.54, 1.807) is 0 Å².